The number of fused-ring (bicyclic) bond motifs is 2. The first kappa shape index (κ1) is 23.9. The lowest BCUT2D eigenvalue weighted by Gasteiger charge is -2.39. The second-order valence-electron chi connectivity index (χ2n) is 9.19. The van der Waals surface area contributed by atoms with Gasteiger partial charge in [0, 0.05) is 49.8 Å². The molecule has 3 fully saturated rings. The smallest absolute Gasteiger partial charge is 0.417 e. The van der Waals surface area contributed by atoms with Crippen LogP contribution < -0.4 is 26.0 Å². The first-order valence-electron chi connectivity index (χ1n) is 11.7. The molecule has 1 amide bonds. The van der Waals surface area contributed by atoms with Crippen LogP contribution in [0.3, 0.4) is 0 Å². The molecule has 2 aromatic heterocycles. The highest BCUT2D eigenvalue weighted by Gasteiger charge is 2.43. The molecular formula is C23H26F3N7O3. The number of hydrogen-bond donors (Lipinski definition) is 4. The van der Waals surface area contributed by atoms with Crippen molar-refractivity contribution in [3.8, 4) is 5.88 Å². The Kier molecular flexibility index (Phi) is 6.22. The topological polar surface area (TPSA) is 139 Å². The first-order valence-corrected chi connectivity index (χ1v) is 11.7. The summed E-state index contributed by atoms with van der Waals surface area (Å²) >= 11 is 0. The van der Waals surface area contributed by atoms with Crippen LogP contribution in [0.1, 0.15) is 43.4 Å². The van der Waals surface area contributed by atoms with Gasteiger partial charge in [0.05, 0.1) is 17.0 Å². The van der Waals surface area contributed by atoms with Crippen molar-refractivity contribution in [1.82, 2.24) is 20.3 Å². The summed E-state index contributed by atoms with van der Waals surface area (Å²) in [5.41, 5.74) is 5.50. The fourth-order valence-electron chi connectivity index (χ4n) is 5.09. The summed E-state index contributed by atoms with van der Waals surface area (Å²) < 4.78 is 44.3. The van der Waals surface area contributed by atoms with Crippen LogP contribution in [0.15, 0.2) is 30.7 Å². The zero-order valence-electron chi connectivity index (χ0n) is 19.2. The van der Waals surface area contributed by atoms with Gasteiger partial charge in [-0.3, -0.25) is 4.79 Å². The summed E-state index contributed by atoms with van der Waals surface area (Å²) in [6, 6.07) is 3.45. The minimum absolute atomic E-state index is 0.0420. The number of pyridine rings is 1. The molecule has 4 atom stereocenters. The van der Waals surface area contributed by atoms with Gasteiger partial charge in [-0.15, -0.1) is 0 Å². The van der Waals surface area contributed by atoms with E-state index in [4.69, 9.17) is 10.5 Å². The number of rotatable bonds is 6. The van der Waals surface area contributed by atoms with Gasteiger partial charge >= 0.3 is 6.18 Å². The van der Waals surface area contributed by atoms with Crippen LogP contribution in [-0.2, 0) is 11.0 Å². The SMILES string of the molecule is NC(=CO)c1cc(N[C@H]2CCNC2=O)nc(N2[C@@H]3CC[C@H]2CC(Oc2ccc(C(F)(F)F)cn2)C3)n1. The average molecular weight is 506 g/mol. The number of halogens is 3. The van der Waals surface area contributed by atoms with E-state index in [0.29, 0.717) is 43.3 Å². The summed E-state index contributed by atoms with van der Waals surface area (Å²) in [6.07, 6.45) is 0.473. The van der Waals surface area contributed by atoms with Gasteiger partial charge < -0.3 is 31.1 Å². The monoisotopic (exact) mass is 505 g/mol. The van der Waals surface area contributed by atoms with Crippen molar-refractivity contribution < 1.29 is 27.8 Å². The molecule has 1 unspecified atom stereocenters. The Bertz CT molecular complexity index is 1140. The molecule has 0 spiro atoms. The molecule has 3 aliphatic heterocycles. The number of anilines is 2. The Morgan fingerprint density at radius 2 is 1.97 bits per heavy atom. The zero-order chi connectivity index (χ0) is 25.4. The molecule has 2 aromatic rings. The van der Waals surface area contributed by atoms with Crippen molar-refractivity contribution in [2.45, 2.75) is 62.5 Å². The standard InChI is InChI=1S/C23H26F3N7O3/c24-23(25,26)12-1-4-20(29-10-12)36-15-7-13-2-3-14(8-15)33(13)22-31-18(16(27)11-34)9-19(32-22)30-17-5-6-28-21(17)35/h1,4,9-11,13-15,17,34H,2-3,5-8,27H2,(H,28,35)(H,30,31,32)/t13-,14+,15?,17-/m0/s1. The maximum absolute atomic E-state index is 12.8. The van der Waals surface area contributed by atoms with E-state index >= 15 is 0 Å². The highest BCUT2D eigenvalue weighted by Crippen LogP contribution is 2.40. The van der Waals surface area contributed by atoms with Gasteiger partial charge in [-0.25, -0.2) is 9.97 Å². The van der Waals surface area contributed by atoms with E-state index in [2.05, 4.69) is 30.5 Å². The molecule has 0 aliphatic carbocycles. The summed E-state index contributed by atoms with van der Waals surface area (Å²) in [5, 5.41) is 15.3. The van der Waals surface area contributed by atoms with Crippen LogP contribution in [0.5, 0.6) is 5.88 Å². The van der Waals surface area contributed by atoms with Crippen LogP contribution in [-0.4, -0.2) is 56.7 Å². The maximum Gasteiger partial charge on any atom is 0.417 e. The lowest BCUT2D eigenvalue weighted by molar-refractivity contribution is -0.137. The molecule has 13 heteroatoms. The summed E-state index contributed by atoms with van der Waals surface area (Å²) in [4.78, 5) is 27.2. The molecule has 10 nitrogen and oxygen atoms in total. The summed E-state index contributed by atoms with van der Waals surface area (Å²) in [7, 11) is 0. The van der Waals surface area contributed by atoms with Crippen molar-refractivity contribution >= 4 is 23.4 Å². The minimum atomic E-state index is -4.45. The number of amides is 1. The number of hydrogen-bond acceptors (Lipinski definition) is 9. The van der Waals surface area contributed by atoms with E-state index in [-0.39, 0.29) is 35.7 Å². The molecule has 5 rings (SSSR count). The second kappa shape index (κ2) is 9.36. The van der Waals surface area contributed by atoms with Crippen LogP contribution in [0.4, 0.5) is 24.9 Å². The number of nitrogens with zero attached hydrogens (tertiary/aromatic N) is 4. The minimum Gasteiger partial charge on any atom is -0.513 e. The number of aromatic nitrogens is 3. The molecule has 2 bridgehead atoms. The predicted octanol–water partition coefficient (Wildman–Crippen LogP) is 2.58. The molecule has 5 heterocycles. The van der Waals surface area contributed by atoms with Gasteiger partial charge in [-0.1, -0.05) is 0 Å². The number of nitrogens with two attached hydrogens (primary N) is 1. The summed E-state index contributed by atoms with van der Waals surface area (Å²) in [6.45, 7) is 0.575. The van der Waals surface area contributed by atoms with Gasteiger partial charge in [-0.05, 0) is 25.3 Å². The van der Waals surface area contributed by atoms with Gasteiger partial charge in [0.2, 0.25) is 17.7 Å². The Morgan fingerprint density at radius 1 is 1.22 bits per heavy atom. The predicted molar refractivity (Wildman–Crippen MR) is 124 cm³/mol. The van der Waals surface area contributed by atoms with Crippen LogP contribution in [0, 0.1) is 0 Å². The van der Waals surface area contributed by atoms with Gasteiger partial charge in [0.15, 0.2) is 0 Å². The van der Waals surface area contributed by atoms with Gasteiger partial charge in [-0.2, -0.15) is 18.2 Å². The van der Waals surface area contributed by atoms with Crippen LogP contribution in [0.25, 0.3) is 5.70 Å². The highest BCUT2D eigenvalue weighted by atomic mass is 19.4. The molecule has 0 saturated carbocycles. The third-order valence-electron chi connectivity index (χ3n) is 6.79. The molecular weight excluding hydrogens is 479 g/mol. The molecule has 0 radical (unpaired) electrons. The lowest BCUT2D eigenvalue weighted by Crippen LogP contribution is -2.47. The molecule has 3 aliphatic rings. The first-order chi connectivity index (χ1) is 17.2. The van der Waals surface area contributed by atoms with Crippen molar-refractivity contribution in [3.05, 3.63) is 41.9 Å². The zero-order valence-corrected chi connectivity index (χ0v) is 19.2. The molecule has 0 aromatic carbocycles. The van der Waals surface area contributed by atoms with Crippen LogP contribution in [0.2, 0.25) is 0 Å². The van der Waals surface area contributed by atoms with Crippen molar-refractivity contribution in [1.29, 1.82) is 0 Å². The molecule has 3 saturated heterocycles. The average Bonchev–Trinajstić information content (AvgIpc) is 3.37. The number of carbonyl (C=O) groups excluding carboxylic acids is 1. The molecule has 5 N–H and O–H groups in total. The number of piperidine rings is 1. The van der Waals surface area contributed by atoms with Crippen molar-refractivity contribution in [3.63, 3.8) is 0 Å². The molecule has 192 valence electrons. The number of carbonyl (C=O) groups is 1. The Hall–Kier alpha value is -3.77. The van der Waals surface area contributed by atoms with E-state index in [1.54, 1.807) is 6.07 Å². The number of aliphatic hydroxyl groups excluding tert-OH is 1. The lowest BCUT2D eigenvalue weighted by atomic mass is 10.00. The Labute approximate surface area is 204 Å². The van der Waals surface area contributed by atoms with Crippen LogP contribution >= 0.6 is 0 Å². The van der Waals surface area contributed by atoms with Gasteiger partial charge in [0.1, 0.15) is 24.2 Å². The largest absolute Gasteiger partial charge is 0.513 e. The van der Waals surface area contributed by atoms with E-state index in [9.17, 15) is 23.1 Å². The van der Waals surface area contributed by atoms with Gasteiger partial charge in [0.25, 0.3) is 0 Å². The Balaban J connectivity index is 1.33. The number of alkyl halides is 3. The molecule has 36 heavy (non-hydrogen) atoms. The van der Waals surface area contributed by atoms with Crippen molar-refractivity contribution in [2.24, 2.45) is 5.73 Å². The Morgan fingerprint density at radius 3 is 2.56 bits per heavy atom. The number of ether oxygens (including phenoxy) is 1. The summed E-state index contributed by atoms with van der Waals surface area (Å²) in [5.74, 6) is 0.893. The third kappa shape index (κ3) is 4.82. The maximum atomic E-state index is 12.8. The van der Waals surface area contributed by atoms with E-state index < -0.39 is 17.8 Å². The van der Waals surface area contributed by atoms with E-state index in [1.165, 1.54) is 6.07 Å². The fraction of sp³-hybridized carbons (Fsp3) is 0.478. The normalized spacial score (nSPS) is 26.1. The van der Waals surface area contributed by atoms with E-state index in [1.807, 2.05) is 0 Å². The third-order valence-corrected chi connectivity index (χ3v) is 6.79. The fourth-order valence-corrected chi connectivity index (χ4v) is 5.09. The van der Waals surface area contributed by atoms with E-state index in [0.717, 1.165) is 31.4 Å². The quantitative estimate of drug-likeness (QED) is 0.436. The second-order valence-corrected chi connectivity index (χ2v) is 9.19. The number of aliphatic hydroxyl groups is 1. The van der Waals surface area contributed by atoms with Crippen molar-refractivity contribution in [2.75, 3.05) is 16.8 Å². The number of nitrogens with one attached hydrogen (secondary N) is 2. The highest BCUT2D eigenvalue weighted by molar-refractivity contribution is 5.86.